The molecule has 2 heteroatoms. The summed E-state index contributed by atoms with van der Waals surface area (Å²) in [5.74, 6) is -0.0162. The maximum atomic E-state index is 10.9. The highest BCUT2D eigenvalue weighted by molar-refractivity contribution is 5.75. The van der Waals surface area contributed by atoms with Gasteiger partial charge in [-0.25, -0.2) is 0 Å². The first-order valence-corrected chi connectivity index (χ1v) is 5.60. The fourth-order valence-electron chi connectivity index (χ4n) is 3.43. The van der Waals surface area contributed by atoms with Crippen molar-refractivity contribution in [2.75, 3.05) is 0 Å². The van der Waals surface area contributed by atoms with Crippen molar-refractivity contribution in [1.82, 2.24) is 0 Å². The van der Waals surface area contributed by atoms with Gasteiger partial charge in [0.2, 0.25) is 0 Å². The molecule has 2 aliphatic carbocycles. The van der Waals surface area contributed by atoms with Crippen molar-refractivity contribution in [3.05, 3.63) is 0 Å². The normalized spacial score (nSPS) is 45.1. The van der Waals surface area contributed by atoms with Gasteiger partial charge in [0.05, 0.1) is 5.92 Å². The predicted octanol–water partition coefficient (Wildman–Crippen LogP) is 2.92. The van der Waals surface area contributed by atoms with E-state index in [2.05, 4.69) is 20.8 Å². The molecule has 0 bridgehead atoms. The average Bonchev–Trinajstić information content (AvgIpc) is 2.74. The third-order valence-corrected chi connectivity index (χ3v) is 4.52. The molecule has 1 spiro atoms. The lowest BCUT2D eigenvalue weighted by molar-refractivity contribution is -0.140. The van der Waals surface area contributed by atoms with Crippen LogP contribution in [-0.2, 0) is 4.79 Å². The van der Waals surface area contributed by atoms with Gasteiger partial charge in [-0.15, -0.1) is 0 Å². The zero-order valence-electron chi connectivity index (χ0n) is 9.34. The zero-order valence-corrected chi connectivity index (χ0v) is 9.34. The van der Waals surface area contributed by atoms with Crippen LogP contribution >= 0.6 is 0 Å². The van der Waals surface area contributed by atoms with E-state index in [0.29, 0.717) is 11.3 Å². The fourth-order valence-corrected chi connectivity index (χ4v) is 3.43. The Morgan fingerprint density at radius 2 is 1.93 bits per heavy atom. The molecular formula is C12H20O2. The molecule has 2 aliphatic rings. The highest BCUT2D eigenvalue weighted by atomic mass is 16.4. The van der Waals surface area contributed by atoms with E-state index in [1.54, 1.807) is 0 Å². The van der Waals surface area contributed by atoms with Crippen LogP contribution in [0.3, 0.4) is 0 Å². The van der Waals surface area contributed by atoms with E-state index in [9.17, 15) is 4.79 Å². The van der Waals surface area contributed by atoms with Gasteiger partial charge in [-0.05, 0) is 42.4 Å². The Morgan fingerprint density at radius 1 is 1.29 bits per heavy atom. The van der Waals surface area contributed by atoms with Crippen LogP contribution in [0.15, 0.2) is 0 Å². The van der Waals surface area contributed by atoms with E-state index in [0.717, 1.165) is 12.8 Å². The molecule has 0 radical (unpaired) electrons. The van der Waals surface area contributed by atoms with Crippen LogP contribution in [0.2, 0.25) is 0 Å². The highest BCUT2D eigenvalue weighted by Gasteiger charge is 2.62. The second kappa shape index (κ2) is 2.74. The van der Waals surface area contributed by atoms with Crippen LogP contribution in [0.4, 0.5) is 0 Å². The Hall–Kier alpha value is -0.530. The van der Waals surface area contributed by atoms with Crippen molar-refractivity contribution < 1.29 is 9.90 Å². The van der Waals surface area contributed by atoms with Gasteiger partial charge in [0.25, 0.3) is 0 Å². The van der Waals surface area contributed by atoms with Gasteiger partial charge in [-0.2, -0.15) is 0 Å². The lowest BCUT2D eigenvalue weighted by Gasteiger charge is -2.40. The maximum absolute atomic E-state index is 10.9. The molecule has 0 amide bonds. The summed E-state index contributed by atoms with van der Waals surface area (Å²) >= 11 is 0. The van der Waals surface area contributed by atoms with Crippen molar-refractivity contribution in [2.24, 2.45) is 22.7 Å². The summed E-state index contributed by atoms with van der Waals surface area (Å²) in [4.78, 5) is 10.9. The summed E-state index contributed by atoms with van der Waals surface area (Å²) in [5, 5.41) is 9.02. The quantitative estimate of drug-likeness (QED) is 0.700. The van der Waals surface area contributed by atoms with E-state index < -0.39 is 5.97 Å². The molecular weight excluding hydrogens is 176 g/mol. The fraction of sp³-hybridized carbons (Fsp3) is 0.917. The molecule has 2 fully saturated rings. The minimum Gasteiger partial charge on any atom is -0.481 e. The Bertz CT molecular complexity index is 269. The largest absolute Gasteiger partial charge is 0.481 e. The lowest BCUT2D eigenvalue weighted by atomic mass is 9.65. The second-order valence-corrected chi connectivity index (χ2v) is 6.10. The Labute approximate surface area is 85.7 Å². The van der Waals surface area contributed by atoms with Crippen LogP contribution in [0.5, 0.6) is 0 Å². The molecule has 0 heterocycles. The molecule has 2 saturated carbocycles. The monoisotopic (exact) mass is 196 g/mol. The maximum Gasteiger partial charge on any atom is 0.307 e. The number of carbonyl (C=O) groups is 1. The third kappa shape index (κ3) is 1.35. The van der Waals surface area contributed by atoms with E-state index in [-0.39, 0.29) is 11.3 Å². The SMILES string of the molecule is CC1CC(C)(C)CCC12CC2C(=O)O. The second-order valence-electron chi connectivity index (χ2n) is 6.10. The number of carboxylic acids is 1. The van der Waals surface area contributed by atoms with Crippen LogP contribution in [0.1, 0.15) is 46.5 Å². The molecule has 3 atom stereocenters. The molecule has 80 valence electrons. The van der Waals surface area contributed by atoms with Gasteiger partial charge in [-0.3, -0.25) is 4.79 Å². The first-order chi connectivity index (χ1) is 6.37. The molecule has 0 aliphatic heterocycles. The van der Waals surface area contributed by atoms with E-state index in [1.807, 2.05) is 0 Å². The first-order valence-electron chi connectivity index (χ1n) is 5.60. The van der Waals surface area contributed by atoms with E-state index in [4.69, 9.17) is 5.11 Å². The lowest BCUT2D eigenvalue weighted by Crippen LogP contribution is -2.31. The number of hydrogen-bond acceptors (Lipinski definition) is 1. The van der Waals surface area contributed by atoms with Crippen molar-refractivity contribution >= 4 is 5.97 Å². The summed E-state index contributed by atoms with van der Waals surface area (Å²) in [6.07, 6.45) is 4.44. The topological polar surface area (TPSA) is 37.3 Å². The Kier molecular flexibility index (Phi) is 1.96. The van der Waals surface area contributed by atoms with Crippen LogP contribution in [0, 0.1) is 22.7 Å². The third-order valence-electron chi connectivity index (χ3n) is 4.52. The molecule has 14 heavy (non-hydrogen) atoms. The van der Waals surface area contributed by atoms with Crippen LogP contribution < -0.4 is 0 Å². The molecule has 3 unspecified atom stereocenters. The van der Waals surface area contributed by atoms with Gasteiger partial charge in [0.15, 0.2) is 0 Å². The highest BCUT2D eigenvalue weighted by Crippen LogP contribution is 2.66. The van der Waals surface area contributed by atoms with Gasteiger partial charge in [-0.1, -0.05) is 20.8 Å². The van der Waals surface area contributed by atoms with Gasteiger partial charge in [0.1, 0.15) is 0 Å². The molecule has 0 aromatic carbocycles. The smallest absolute Gasteiger partial charge is 0.307 e. The number of rotatable bonds is 1. The van der Waals surface area contributed by atoms with Crippen LogP contribution in [-0.4, -0.2) is 11.1 Å². The van der Waals surface area contributed by atoms with Crippen molar-refractivity contribution in [3.8, 4) is 0 Å². The summed E-state index contributed by atoms with van der Waals surface area (Å²) in [6.45, 7) is 6.84. The number of carboxylic acid groups (broad SMARTS) is 1. The first kappa shape index (κ1) is 10.0. The summed E-state index contributed by atoms with van der Waals surface area (Å²) < 4.78 is 0. The molecule has 0 aromatic heterocycles. The molecule has 2 nitrogen and oxygen atoms in total. The van der Waals surface area contributed by atoms with Crippen molar-refractivity contribution in [3.63, 3.8) is 0 Å². The Morgan fingerprint density at radius 3 is 2.36 bits per heavy atom. The van der Waals surface area contributed by atoms with Gasteiger partial charge in [0, 0.05) is 0 Å². The molecule has 0 aromatic rings. The van der Waals surface area contributed by atoms with E-state index >= 15 is 0 Å². The van der Waals surface area contributed by atoms with Crippen molar-refractivity contribution in [2.45, 2.75) is 46.5 Å². The average molecular weight is 196 g/mol. The minimum absolute atomic E-state index is 0.0337. The van der Waals surface area contributed by atoms with Gasteiger partial charge < -0.3 is 5.11 Å². The van der Waals surface area contributed by atoms with Gasteiger partial charge >= 0.3 is 5.97 Å². The Balaban J connectivity index is 2.08. The number of aliphatic carboxylic acids is 1. The summed E-state index contributed by atoms with van der Waals surface area (Å²) in [5.41, 5.74) is 0.609. The minimum atomic E-state index is -0.573. The molecule has 1 N–H and O–H groups in total. The number of hydrogen-bond donors (Lipinski definition) is 1. The molecule has 2 rings (SSSR count). The zero-order chi connectivity index (χ0) is 10.6. The standard InChI is InChI=1S/C12H20O2/c1-8-6-11(2,3)4-5-12(8)7-9(12)10(13)14/h8-9H,4-7H2,1-3H3,(H,13,14). The van der Waals surface area contributed by atoms with Crippen molar-refractivity contribution in [1.29, 1.82) is 0 Å². The van der Waals surface area contributed by atoms with Crippen LogP contribution in [0.25, 0.3) is 0 Å². The predicted molar refractivity (Wildman–Crippen MR) is 55.0 cm³/mol. The summed E-state index contributed by atoms with van der Waals surface area (Å²) in [6, 6.07) is 0. The summed E-state index contributed by atoms with van der Waals surface area (Å²) in [7, 11) is 0. The molecule has 0 saturated heterocycles. The van der Waals surface area contributed by atoms with E-state index in [1.165, 1.54) is 12.8 Å².